The molecule has 1 aliphatic heterocycles. The van der Waals surface area contributed by atoms with Gasteiger partial charge in [-0.3, -0.25) is 9.89 Å². The van der Waals surface area contributed by atoms with E-state index in [-0.39, 0.29) is 0 Å². The van der Waals surface area contributed by atoms with Gasteiger partial charge in [-0.15, -0.1) is 0 Å². The lowest BCUT2D eigenvalue weighted by Crippen LogP contribution is -2.37. The number of hydrogen-bond acceptors (Lipinski definition) is 5. The monoisotopic (exact) mass is 522 g/mol. The molecule has 0 fully saturated rings. The Morgan fingerprint density at radius 1 is 0.947 bits per heavy atom. The van der Waals surface area contributed by atoms with Gasteiger partial charge < -0.3 is 10.3 Å². The number of aromatic nitrogens is 3. The van der Waals surface area contributed by atoms with Crippen LogP contribution in [-0.2, 0) is 26.2 Å². The average molecular weight is 523 g/mol. The zero-order chi connectivity index (χ0) is 25.7. The maximum atomic E-state index is 6.18. The van der Waals surface area contributed by atoms with Gasteiger partial charge in [0.05, 0.1) is 23.6 Å². The van der Waals surface area contributed by atoms with Gasteiger partial charge in [0.25, 0.3) is 0 Å². The minimum absolute atomic E-state index is 0.303. The number of halogens is 1. The summed E-state index contributed by atoms with van der Waals surface area (Å²) in [7, 11) is 0. The van der Waals surface area contributed by atoms with Crippen molar-refractivity contribution in [1.82, 2.24) is 25.2 Å². The van der Waals surface area contributed by atoms with Crippen molar-refractivity contribution in [1.29, 1.82) is 0 Å². The van der Waals surface area contributed by atoms with E-state index < -0.39 is 0 Å². The van der Waals surface area contributed by atoms with E-state index in [2.05, 4.69) is 73.7 Å². The number of fused-ring (bicyclic) bond motifs is 2. The molecule has 2 N–H and O–H groups in total. The number of para-hydroxylation sites is 2. The highest BCUT2D eigenvalue weighted by Crippen LogP contribution is 2.29. The average Bonchev–Trinajstić information content (AvgIpc) is 3.37. The fourth-order valence-corrected chi connectivity index (χ4v) is 5.47. The minimum Gasteiger partial charge on any atom is -0.341 e. The molecule has 38 heavy (non-hydrogen) atoms. The predicted molar refractivity (Wildman–Crippen MR) is 154 cm³/mol. The van der Waals surface area contributed by atoms with E-state index in [0.29, 0.717) is 23.8 Å². The van der Waals surface area contributed by atoms with Gasteiger partial charge in [-0.05, 0) is 53.8 Å². The summed E-state index contributed by atoms with van der Waals surface area (Å²) in [5.74, 6) is 0.999. The largest absolute Gasteiger partial charge is 0.341 e. The van der Waals surface area contributed by atoms with Crippen LogP contribution in [0.4, 0.5) is 0 Å². The van der Waals surface area contributed by atoms with Gasteiger partial charge in [0.1, 0.15) is 11.0 Å². The number of nitrogens with zero attached hydrogens (tertiary/aromatic N) is 4. The predicted octanol–water partition coefficient (Wildman–Crippen LogP) is 6.00. The molecule has 2 aliphatic rings. The molecular weight excluding hydrogens is 492 g/mol. The molecule has 6 nitrogen and oxygen atoms in total. The van der Waals surface area contributed by atoms with Crippen molar-refractivity contribution in [3.05, 3.63) is 118 Å². The van der Waals surface area contributed by atoms with Gasteiger partial charge >= 0.3 is 0 Å². The quantitative estimate of drug-likeness (QED) is 0.264. The van der Waals surface area contributed by atoms with Crippen LogP contribution in [0.15, 0.2) is 95.7 Å². The molecule has 0 saturated carbocycles. The molecule has 7 heteroatoms. The van der Waals surface area contributed by atoms with E-state index in [4.69, 9.17) is 16.6 Å². The first-order valence-electron chi connectivity index (χ1n) is 13.2. The van der Waals surface area contributed by atoms with Crippen LogP contribution < -0.4 is 5.32 Å². The summed E-state index contributed by atoms with van der Waals surface area (Å²) in [5, 5.41) is 4.02. The van der Waals surface area contributed by atoms with Crippen LogP contribution in [0.1, 0.15) is 35.4 Å². The van der Waals surface area contributed by atoms with Crippen molar-refractivity contribution in [3.63, 3.8) is 0 Å². The van der Waals surface area contributed by atoms with Crippen molar-refractivity contribution in [2.24, 2.45) is 4.99 Å². The first kappa shape index (κ1) is 24.7. The van der Waals surface area contributed by atoms with E-state index >= 15 is 0 Å². The fraction of sp³-hybridized carbons (Fsp3) is 0.258. The number of nitrogens with one attached hydrogen (secondary N) is 2. The molecule has 3 heterocycles. The molecule has 2 aromatic carbocycles. The van der Waals surface area contributed by atoms with Crippen LogP contribution in [0.2, 0.25) is 5.15 Å². The van der Waals surface area contributed by atoms with Gasteiger partial charge in [0.15, 0.2) is 0 Å². The Morgan fingerprint density at radius 2 is 1.82 bits per heavy atom. The van der Waals surface area contributed by atoms with Crippen molar-refractivity contribution < 1.29 is 0 Å². The van der Waals surface area contributed by atoms with Gasteiger partial charge in [-0.1, -0.05) is 66.2 Å². The molecule has 0 spiro atoms. The molecule has 6 rings (SSSR count). The molecule has 0 bridgehead atoms. The molecule has 2 aromatic heterocycles. The lowest BCUT2D eigenvalue weighted by Gasteiger charge is -2.34. The van der Waals surface area contributed by atoms with E-state index in [0.717, 1.165) is 54.9 Å². The van der Waals surface area contributed by atoms with Gasteiger partial charge in [0.2, 0.25) is 0 Å². The van der Waals surface area contributed by atoms with Crippen LogP contribution in [0.25, 0.3) is 11.0 Å². The number of hydrogen-bond donors (Lipinski definition) is 2. The number of imidazole rings is 1. The Bertz CT molecular complexity index is 1450. The summed E-state index contributed by atoms with van der Waals surface area (Å²) in [6.45, 7) is 3.07. The summed E-state index contributed by atoms with van der Waals surface area (Å²) in [4.78, 5) is 19.7. The van der Waals surface area contributed by atoms with Crippen molar-refractivity contribution in [2.45, 2.75) is 51.1 Å². The zero-order valence-corrected chi connectivity index (χ0v) is 22.0. The Balaban J connectivity index is 1.16. The van der Waals surface area contributed by atoms with Crippen LogP contribution >= 0.6 is 11.6 Å². The SMILES string of the molecule is Clc1ncccc1CNCc1ccc(CN(Cc2nc3ccccc3[nH]2)C2C=C3C=CC=NC3CC2)cc1. The highest BCUT2D eigenvalue weighted by atomic mass is 35.5. The Hall–Kier alpha value is -3.58. The second kappa shape index (κ2) is 11.4. The molecule has 0 amide bonds. The maximum Gasteiger partial charge on any atom is 0.133 e. The molecule has 192 valence electrons. The summed E-state index contributed by atoms with van der Waals surface area (Å²) in [6.07, 6.45) is 12.5. The summed E-state index contributed by atoms with van der Waals surface area (Å²) in [5.41, 5.74) is 6.96. The minimum atomic E-state index is 0.303. The number of allylic oxidation sites excluding steroid dienone is 1. The number of rotatable bonds is 9. The van der Waals surface area contributed by atoms with E-state index in [1.165, 1.54) is 16.7 Å². The van der Waals surface area contributed by atoms with Crippen molar-refractivity contribution >= 4 is 28.8 Å². The number of aromatic amines is 1. The maximum absolute atomic E-state index is 6.18. The Labute approximate surface area is 228 Å². The first-order chi connectivity index (χ1) is 18.7. The number of benzene rings is 2. The highest BCUT2D eigenvalue weighted by Gasteiger charge is 2.26. The third kappa shape index (κ3) is 5.78. The summed E-state index contributed by atoms with van der Waals surface area (Å²) >= 11 is 6.18. The zero-order valence-electron chi connectivity index (χ0n) is 21.2. The second-order valence-electron chi connectivity index (χ2n) is 9.96. The smallest absolute Gasteiger partial charge is 0.133 e. The topological polar surface area (TPSA) is 69.2 Å². The van der Waals surface area contributed by atoms with Gasteiger partial charge in [-0.2, -0.15) is 0 Å². The number of aliphatic imine (C=N–C) groups is 1. The van der Waals surface area contributed by atoms with Crippen molar-refractivity contribution in [2.75, 3.05) is 0 Å². The highest BCUT2D eigenvalue weighted by molar-refractivity contribution is 6.30. The van der Waals surface area contributed by atoms with Gasteiger partial charge in [-0.25, -0.2) is 9.97 Å². The third-order valence-electron chi connectivity index (χ3n) is 7.30. The first-order valence-corrected chi connectivity index (χ1v) is 13.6. The Kier molecular flexibility index (Phi) is 7.45. The summed E-state index contributed by atoms with van der Waals surface area (Å²) in [6, 6.07) is 21.7. The standard InChI is InChI=1S/C31H31ClN6/c32-31-25(6-4-16-35-31)19-33-18-22-9-11-23(12-10-22)20-38(21-30-36-28-7-1-2-8-29(28)37-30)26-13-14-27-24(17-26)5-3-15-34-27/h1-12,15-17,26-27,33H,13-14,18-21H2,(H,36,37). The lowest BCUT2D eigenvalue weighted by atomic mass is 9.89. The summed E-state index contributed by atoms with van der Waals surface area (Å²) < 4.78 is 0. The molecule has 4 aromatic rings. The van der Waals surface area contributed by atoms with Crippen LogP contribution in [-0.4, -0.2) is 38.2 Å². The molecular formula is C31H31ClN6. The van der Waals surface area contributed by atoms with E-state index in [1.54, 1.807) is 6.20 Å². The lowest BCUT2D eigenvalue weighted by molar-refractivity contribution is 0.188. The number of pyridine rings is 1. The molecule has 2 unspecified atom stereocenters. The van der Waals surface area contributed by atoms with Crippen LogP contribution in [0.5, 0.6) is 0 Å². The van der Waals surface area contributed by atoms with Crippen LogP contribution in [0, 0.1) is 0 Å². The van der Waals surface area contributed by atoms with Gasteiger partial charge in [0, 0.05) is 43.7 Å². The van der Waals surface area contributed by atoms with E-state index in [1.807, 2.05) is 36.6 Å². The molecule has 0 radical (unpaired) electrons. The number of H-pyrrole nitrogens is 1. The normalized spacial score (nSPS) is 18.6. The van der Waals surface area contributed by atoms with E-state index in [9.17, 15) is 0 Å². The fourth-order valence-electron chi connectivity index (χ4n) is 5.29. The second-order valence-corrected chi connectivity index (χ2v) is 10.3. The number of dihydropyridines is 1. The molecule has 2 atom stereocenters. The Morgan fingerprint density at radius 3 is 2.68 bits per heavy atom. The molecule has 1 aliphatic carbocycles. The third-order valence-corrected chi connectivity index (χ3v) is 7.64. The van der Waals surface area contributed by atoms with Crippen LogP contribution in [0.3, 0.4) is 0 Å². The molecule has 0 saturated heterocycles. The van der Waals surface area contributed by atoms with Crippen molar-refractivity contribution in [3.8, 4) is 0 Å².